The maximum absolute atomic E-state index is 12.6. The number of carbonyl (C=O) groups is 2. The Bertz CT molecular complexity index is 716. The summed E-state index contributed by atoms with van der Waals surface area (Å²) in [6.07, 6.45) is 0. The number of carbonyl (C=O) groups excluding carboxylic acids is 2. The predicted molar refractivity (Wildman–Crippen MR) is 89.5 cm³/mol. The number of benzene rings is 1. The molecular formula is C16H18N4O2S. The van der Waals surface area contributed by atoms with Crippen LogP contribution in [-0.4, -0.2) is 40.8 Å². The van der Waals surface area contributed by atoms with Gasteiger partial charge in [0, 0.05) is 37.4 Å². The Balaban J connectivity index is 1.71. The number of rotatable bonds is 3. The molecule has 1 aliphatic rings. The third-order valence-corrected chi connectivity index (χ3v) is 4.64. The number of hydrogen-bond donors (Lipinski definition) is 2. The zero-order chi connectivity index (χ0) is 16.4. The third kappa shape index (κ3) is 3.40. The van der Waals surface area contributed by atoms with Crippen LogP contribution in [0.25, 0.3) is 0 Å². The van der Waals surface area contributed by atoms with Crippen molar-refractivity contribution >= 4 is 28.3 Å². The molecule has 1 aliphatic heterocycles. The van der Waals surface area contributed by atoms with Crippen LogP contribution < -0.4 is 11.1 Å². The van der Waals surface area contributed by atoms with E-state index in [1.54, 1.807) is 10.3 Å². The van der Waals surface area contributed by atoms with E-state index in [1.807, 2.05) is 30.3 Å². The van der Waals surface area contributed by atoms with E-state index >= 15 is 0 Å². The molecule has 3 rings (SSSR count). The average Bonchev–Trinajstić information content (AvgIpc) is 3.14. The highest BCUT2D eigenvalue weighted by atomic mass is 32.1. The van der Waals surface area contributed by atoms with Gasteiger partial charge in [-0.05, 0) is 5.56 Å². The lowest BCUT2D eigenvalue weighted by atomic mass is 9.95. The van der Waals surface area contributed by atoms with Crippen LogP contribution in [0.5, 0.6) is 0 Å². The molecule has 0 radical (unpaired) electrons. The van der Waals surface area contributed by atoms with Crippen molar-refractivity contribution in [1.82, 2.24) is 9.88 Å². The van der Waals surface area contributed by atoms with Crippen LogP contribution in [0.3, 0.4) is 0 Å². The summed E-state index contributed by atoms with van der Waals surface area (Å²) in [7, 11) is 0. The Labute approximate surface area is 138 Å². The molecule has 1 saturated heterocycles. The summed E-state index contributed by atoms with van der Waals surface area (Å²) in [6, 6.07) is 9.91. The second kappa shape index (κ2) is 6.47. The molecule has 1 aromatic carbocycles. The van der Waals surface area contributed by atoms with Gasteiger partial charge in [-0.25, -0.2) is 4.98 Å². The number of aromatic nitrogens is 1. The molecule has 23 heavy (non-hydrogen) atoms. The van der Waals surface area contributed by atoms with Crippen LogP contribution in [0.15, 0.2) is 35.7 Å². The molecule has 1 aromatic heterocycles. The number of anilines is 1. The van der Waals surface area contributed by atoms with Gasteiger partial charge in [0.15, 0.2) is 5.13 Å². The minimum Gasteiger partial charge on any atom is -0.335 e. The van der Waals surface area contributed by atoms with E-state index in [9.17, 15) is 9.59 Å². The molecule has 2 heterocycles. The number of amides is 2. The van der Waals surface area contributed by atoms with Crippen molar-refractivity contribution in [2.75, 3.05) is 18.4 Å². The standard InChI is InChI=1S/C16H18N4O2S/c1-10(21)18-16-19-14(9-23-16)15(22)20-7-12(13(17)8-20)11-5-3-2-4-6-11/h2-6,9,12-13H,7-8,17H2,1H3,(H,18,19,21)/t12-,13+/m0/s1. The van der Waals surface area contributed by atoms with Crippen LogP contribution in [0.1, 0.15) is 28.9 Å². The first-order valence-corrected chi connectivity index (χ1v) is 8.25. The van der Waals surface area contributed by atoms with Crippen molar-refractivity contribution in [2.24, 2.45) is 5.73 Å². The zero-order valence-corrected chi connectivity index (χ0v) is 13.5. The molecular weight excluding hydrogens is 312 g/mol. The highest BCUT2D eigenvalue weighted by molar-refractivity contribution is 7.14. The van der Waals surface area contributed by atoms with Gasteiger partial charge in [-0.1, -0.05) is 30.3 Å². The smallest absolute Gasteiger partial charge is 0.273 e. The maximum Gasteiger partial charge on any atom is 0.273 e. The highest BCUT2D eigenvalue weighted by Gasteiger charge is 2.34. The molecule has 0 unspecified atom stereocenters. The first-order valence-electron chi connectivity index (χ1n) is 7.37. The van der Waals surface area contributed by atoms with Crippen LogP contribution >= 0.6 is 11.3 Å². The fourth-order valence-corrected chi connectivity index (χ4v) is 3.52. The first-order chi connectivity index (χ1) is 11.0. The Kier molecular flexibility index (Phi) is 4.40. The van der Waals surface area contributed by atoms with Crippen molar-refractivity contribution in [1.29, 1.82) is 0 Å². The Morgan fingerprint density at radius 1 is 1.30 bits per heavy atom. The van der Waals surface area contributed by atoms with Crippen molar-refractivity contribution in [2.45, 2.75) is 18.9 Å². The van der Waals surface area contributed by atoms with Crippen LogP contribution in [-0.2, 0) is 4.79 Å². The average molecular weight is 330 g/mol. The van der Waals surface area contributed by atoms with Crippen molar-refractivity contribution in [3.63, 3.8) is 0 Å². The summed E-state index contributed by atoms with van der Waals surface area (Å²) in [4.78, 5) is 29.5. The predicted octanol–water partition coefficient (Wildman–Crippen LogP) is 1.67. The summed E-state index contributed by atoms with van der Waals surface area (Å²) >= 11 is 1.24. The molecule has 0 saturated carbocycles. The molecule has 0 spiro atoms. The number of nitrogens with zero attached hydrogens (tertiary/aromatic N) is 2. The zero-order valence-electron chi connectivity index (χ0n) is 12.7. The van der Waals surface area contributed by atoms with E-state index in [1.165, 1.54) is 18.3 Å². The molecule has 1 fully saturated rings. The number of nitrogens with two attached hydrogens (primary N) is 1. The van der Waals surface area contributed by atoms with E-state index in [2.05, 4.69) is 10.3 Å². The molecule has 0 aliphatic carbocycles. The number of nitrogens with one attached hydrogen (secondary N) is 1. The maximum atomic E-state index is 12.6. The molecule has 3 N–H and O–H groups in total. The van der Waals surface area contributed by atoms with E-state index in [0.29, 0.717) is 23.9 Å². The van der Waals surface area contributed by atoms with Crippen molar-refractivity contribution in [3.8, 4) is 0 Å². The molecule has 2 atom stereocenters. The molecule has 0 bridgehead atoms. The Hall–Kier alpha value is -2.25. The lowest BCUT2D eigenvalue weighted by Gasteiger charge is -2.15. The summed E-state index contributed by atoms with van der Waals surface area (Å²) in [5, 5.41) is 4.68. The molecule has 120 valence electrons. The number of hydrogen-bond acceptors (Lipinski definition) is 5. The van der Waals surface area contributed by atoms with Crippen LogP contribution in [0, 0.1) is 0 Å². The Morgan fingerprint density at radius 3 is 2.74 bits per heavy atom. The van der Waals surface area contributed by atoms with Crippen LogP contribution in [0.4, 0.5) is 5.13 Å². The topological polar surface area (TPSA) is 88.3 Å². The normalized spacial score (nSPS) is 20.5. The number of likely N-dealkylation sites (tertiary alicyclic amines) is 1. The SMILES string of the molecule is CC(=O)Nc1nc(C(=O)N2C[C@@H](N)[C@H](c3ccccc3)C2)cs1. The summed E-state index contributed by atoms with van der Waals surface area (Å²) in [5.41, 5.74) is 7.71. The fourth-order valence-electron chi connectivity index (χ4n) is 2.79. The first kappa shape index (κ1) is 15.6. The van der Waals surface area contributed by atoms with Gasteiger partial charge in [0.2, 0.25) is 5.91 Å². The minimum atomic E-state index is -0.203. The van der Waals surface area contributed by atoms with Gasteiger partial charge in [-0.2, -0.15) is 0 Å². The minimum absolute atomic E-state index is 0.0881. The summed E-state index contributed by atoms with van der Waals surface area (Å²) in [5.74, 6) is -0.217. The largest absolute Gasteiger partial charge is 0.335 e. The van der Waals surface area contributed by atoms with Gasteiger partial charge >= 0.3 is 0 Å². The fraction of sp³-hybridized carbons (Fsp3) is 0.312. The second-order valence-electron chi connectivity index (χ2n) is 5.61. The molecule has 6 nitrogen and oxygen atoms in total. The number of thiazole rings is 1. The van der Waals surface area contributed by atoms with Crippen LogP contribution in [0.2, 0.25) is 0 Å². The lowest BCUT2D eigenvalue weighted by molar-refractivity contribution is -0.114. The molecule has 2 amide bonds. The summed E-state index contributed by atoms with van der Waals surface area (Å²) < 4.78 is 0. The van der Waals surface area contributed by atoms with E-state index in [4.69, 9.17) is 5.73 Å². The second-order valence-corrected chi connectivity index (χ2v) is 6.47. The quantitative estimate of drug-likeness (QED) is 0.896. The van der Waals surface area contributed by atoms with Gasteiger partial charge < -0.3 is 16.0 Å². The van der Waals surface area contributed by atoms with Gasteiger partial charge in [-0.15, -0.1) is 11.3 Å². The highest BCUT2D eigenvalue weighted by Crippen LogP contribution is 2.28. The Morgan fingerprint density at radius 2 is 2.04 bits per heavy atom. The van der Waals surface area contributed by atoms with E-state index in [0.717, 1.165) is 5.56 Å². The van der Waals surface area contributed by atoms with Crippen molar-refractivity contribution in [3.05, 3.63) is 47.0 Å². The van der Waals surface area contributed by atoms with Gasteiger partial charge in [0.25, 0.3) is 5.91 Å². The van der Waals surface area contributed by atoms with Gasteiger partial charge in [0.05, 0.1) is 0 Å². The molecule has 7 heteroatoms. The lowest BCUT2D eigenvalue weighted by Crippen LogP contribution is -2.32. The molecule has 2 aromatic rings. The van der Waals surface area contributed by atoms with Gasteiger partial charge in [0.1, 0.15) is 5.69 Å². The van der Waals surface area contributed by atoms with E-state index < -0.39 is 0 Å². The van der Waals surface area contributed by atoms with Gasteiger partial charge in [-0.3, -0.25) is 9.59 Å². The van der Waals surface area contributed by atoms with E-state index in [-0.39, 0.29) is 23.8 Å². The third-order valence-electron chi connectivity index (χ3n) is 3.89. The van der Waals surface area contributed by atoms with Crippen molar-refractivity contribution < 1.29 is 9.59 Å². The summed E-state index contributed by atoms with van der Waals surface area (Å²) in [6.45, 7) is 2.50. The monoisotopic (exact) mass is 330 g/mol.